The fraction of sp³-hybridized carbons (Fsp3) is 0.367. The molecule has 0 radical (unpaired) electrons. The third-order valence-corrected chi connectivity index (χ3v) is 8.55. The van der Waals surface area contributed by atoms with Gasteiger partial charge in [-0.05, 0) is 45.1 Å². The molecule has 0 saturated carbocycles. The number of halogens is 3. The van der Waals surface area contributed by atoms with Crippen molar-refractivity contribution < 1.29 is 18.8 Å². The minimum atomic E-state index is -0.591. The highest BCUT2D eigenvalue weighted by Crippen LogP contribution is 2.41. The van der Waals surface area contributed by atoms with Gasteiger partial charge in [-0.25, -0.2) is 19.4 Å². The first kappa shape index (κ1) is 30.8. The molecule has 228 valence electrons. The minimum Gasteiger partial charge on any atom is -0.494 e. The molecule has 1 atom stereocenters. The zero-order valence-corrected chi connectivity index (χ0v) is 25.8. The van der Waals surface area contributed by atoms with Crippen LogP contribution in [0.3, 0.4) is 0 Å². The highest BCUT2D eigenvalue weighted by atomic mass is 35.5. The summed E-state index contributed by atoms with van der Waals surface area (Å²) < 4.78 is 20.8. The summed E-state index contributed by atoms with van der Waals surface area (Å²) in [5.74, 6) is 0.510. The van der Waals surface area contributed by atoms with Crippen LogP contribution in [0, 0.1) is 5.82 Å². The van der Waals surface area contributed by atoms with E-state index in [2.05, 4.69) is 51.1 Å². The van der Waals surface area contributed by atoms with E-state index < -0.39 is 11.9 Å². The van der Waals surface area contributed by atoms with Crippen molar-refractivity contribution >= 4 is 57.8 Å². The van der Waals surface area contributed by atoms with E-state index in [0.717, 1.165) is 31.6 Å². The van der Waals surface area contributed by atoms with E-state index in [4.69, 9.17) is 32.8 Å². The molecule has 1 amide bonds. The van der Waals surface area contributed by atoms with E-state index >= 15 is 4.39 Å². The van der Waals surface area contributed by atoms with Crippen LogP contribution >= 0.6 is 23.2 Å². The number of hydrogen-bond donors (Lipinski definition) is 2. The Labute approximate surface area is 260 Å². The zero-order chi connectivity index (χ0) is 30.7. The number of hydroxylamine groups is 1. The Morgan fingerprint density at radius 3 is 2.63 bits per heavy atom. The largest absolute Gasteiger partial charge is 0.494 e. The molecule has 13 heteroatoms. The van der Waals surface area contributed by atoms with Crippen LogP contribution in [-0.2, 0) is 9.63 Å². The molecule has 2 fully saturated rings. The van der Waals surface area contributed by atoms with Crippen molar-refractivity contribution in [2.24, 2.45) is 0 Å². The van der Waals surface area contributed by atoms with E-state index in [1.54, 1.807) is 30.4 Å². The number of aromatic nitrogens is 2. The molecule has 0 spiro atoms. The molecule has 43 heavy (non-hydrogen) atoms. The summed E-state index contributed by atoms with van der Waals surface area (Å²) in [7, 11) is 5.78. The number of ether oxygens (including phenoxy) is 1. The van der Waals surface area contributed by atoms with Crippen LogP contribution in [0.15, 0.2) is 49.3 Å². The molecule has 3 heterocycles. The van der Waals surface area contributed by atoms with Crippen molar-refractivity contribution in [2.75, 3.05) is 61.5 Å². The minimum absolute atomic E-state index is 0.131. The summed E-state index contributed by atoms with van der Waals surface area (Å²) in [6.45, 7) is 5.63. The van der Waals surface area contributed by atoms with Crippen molar-refractivity contribution in [3.05, 3.63) is 70.7 Å². The Balaban J connectivity index is 1.43. The van der Waals surface area contributed by atoms with Crippen molar-refractivity contribution in [3.8, 4) is 5.75 Å². The highest BCUT2D eigenvalue weighted by Gasteiger charge is 2.32. The maximum absolute atomic E-state index is 15.0. The second-order valence-electron chi connectivity index (χ2n) is 10.6. The van der Waals surface area contributed by atoms with E-state index in [-0.39, 0.29) is 16.0 Å². The zero-order valence-electron chi connectivity index (χ0n) is 24.2. The standard InChI is InChI=1S/C30H34Cl2FN7O3/c1-5-28(41)37-21-14-22(25(42-4)15-24(21)39-11-8-18(9-12-39)38(2)3)36-26-16-27(35-17-34-26)40-23(10-13-43-40)19-6-7-20(31)29(32)30(19)33/h5-7,14-18,23H,1,8-13H2,2-4H3,(H,37,41)(H,34,35,36). The molecule has 2 aliphatic heterocycles. The van der Waals surface area contributed by atoms with Gasteiger partial charge in [-0.15, -0.1) is 0 Å². The number of nitrogens with zero attached hydrogens (tertiary/aromatic N) is 5. The van der Waals surface area contributed by atoms with Gasteiger partial charge < -0.3 is 25.2 Å². The molecule has 2 aliphatic rings. The Hall–Kier alpha value is -3.64. The first-order valence-electron chi connectivity index (χ1n) is 13.9. The third kappa shape index (κ3) is 6.65. The molecule has 2 N–H and O–H groups in total. The average molecular weight is 631 g/mol. The summed E-state index contributed by atoms with van der Waals surface area (Å²) in [6, 6.07) is 8.62. The second kappa shape index (κ2) is 13.3. The number of anilines is 5. The van der Waals surface area contributed by atoms with E-state index in [0.29, 0.717) is 53.4 Å². The lowest BCUT2D eigenvalue weighted by Crippen LogP contribution is -2.42. The molecule has 1 aromatic heterocycles. The Bertz CT molecular complexity index is 1500. The van der Waals surface area contributed by atoms with Crippen LogP contribution in [-0.4, -0.2) is 67.7 Å². The Morgan fingerprint density at radius 2 is 1.93 bits per heavy atom. The van der Waals surface area contributed by atoms with Gasteiger partial charge in [-0.3, -0.25) is 9.63 Å². The number of carbonyl (C=O) groups excluding carboxylic acids is 1. The van der Waals surface area contributed by atoms with Gasteiger partial charge in [0.05, 0.1) is 46.9 Å². The quantitative estimate of drug-likeness (QED) is 0.211. The first-order chi connectivity index (χ1) is 20.7. The van der Waals surface area contributed by atoms with E-state index in [9.17, 15) is 4.79 Å². The lowest BCUT2D eigenvalue weighted by Gasteiger charge is -2.37. The van der Waals surface area contributed by atoms with Crippen LogP contribution in [0.5, 0.6) is 5.75 Å². The molecule has 2 aromatic carbocycles. The van der Waals surface area contributed by atoms with Gasteiger partial charge in [-0.2, -0.15) is 0 Å². The fourth-order valence-electron chi connectivity index (χ4n) is 5.45. The average Bonchev–Trinajstić information content (AvgIpc) is 3.50. The van der Waals surface area contributed by atoms with E-state index in [1.165, 1.54) is 12.4 Å². The highest BCUT2D eigenvalue weighted by molar-refractivity contribution is 6.42. The number of piperidine rings is 1. The molecular weight excluding hydrogens is 596 g/mol. The molecule has 5 rings (SSSR count). The van der Waals surface area contributed by atoms with Gasteiger partial charge in [0.15, 0.2) is 5.82 Å². The third-order valence-electron chi connectivity index (χ3n) is 7.77. The summed E-state index contributed by atoms with van der Waals surface area (Å²) in [6.07, 6.45) is 5.14. The smallest absolute Gasteiger partial charge is 0.247 e. The van der Waals surface area contributed by atoms with Crippen LogP contribution in [0.2, 0.25) is 10.0 Å². The second-order valence-corrected chi connectivity index (χ2v) is 11.3. The molecule has 1 unspecified atom stereocenters. The maximum Gasteiger partial charge on any atom is 0.247 e. The van der Waals surface area contributed by atoms with Crippen LogP contribution < -0.4 is 25.3 Å². The SMILES string of the molecule is C=CC(=O)Nc1cc(Nc2cc(N3OCCC3c3ccc(Cl)c(Cl)c3F)ncn2)c(OC)cc1N1CCC(N(C)C)CC1. The molecule has 2 saturated heterocycles. The maximum atomic E-state index is 15.0. The monoisotopic (exact) mass is 629 g/mol. The summed E-state index contributed by atoms with van der Waals surface area (Å²) in [5.41, 5.74) is 2.40. The summed E-state index contributed by atoms with van der Waals surface area (Å²) >= 11 is 12.1. The molecule has 0 aliphatic carbocycles. The number of methoxy groups -OCH3 is 1. The number of rotatable bonds is 9. The van der Waals surface area contributed by atoms with Gasteiger partial charge in [0.25, 0.3) is 0 Å². The van der Waals surface area contributed by atoms with Crippen molar-refractivity contribution in [3.63, 3.8) is 0 Å². The number of hydrogen-bond acceptors (Lipinski definition) is 9. The van der Waals surface area contributed by atoms with Crippen molar-refractivity contribution in [1.29, 1.82) is 0 Å². The number of amides is 1. The van der Waals surface area contributed by atoms with Gasteiger partial charge in [0, 0.05) is 43.2 Å². The van der Waals surface area contributed by atoms with Gasteiger partial charge in [-0.1, -0.05) is 35.8 Å². The topological polar surface area (TPSA) is 95.1 Å². The van der Waals surface area contributed by atoms with Crippen molar-refractivity contribution in [1.82, 2.24) is 14.9 Å². The predicted octanol–water partition coefficient (Wildman–Crippen LogP) is 6.21. The number of benzene rings is 2. The van der Waals surface area contributed by atoms with Crippen molar-refractivity contribution in [2.45, 2.75) is 31.3 Å². The molecule has 0 bridgehead atoms. The lowest BCUT2D eigenvalue weighted by molar-refractivity contribution is -0.111. The van der Waals surface area contributed by atoms with Crippen LogP contribution in [0.1, 0.15) is 30.9 Å². The first-order valence-corrected chi connectivity index (χ1v) is 14.7. The van der Waals surface area contributed by atoms with Crippen LogP contribution in [0.4, 0.5) is 33.1 Å². The fourth-order valence-corrected chi connectivity index (χ4v) is 5.77. The van der Waals surface area contributed by atoms with Gasteiger partial charge in [0.1, 0.15) is 23.7 Å². The van der Waals surface area contributed by atoms with Crippen LogP contribution in [0.25, 0.3) is 0 Å². The Kier molecular flexibility index (Phi) is 9.55. The molecule has 3 aromatic rings. The van der Waals surface area contributed by atoms with Gasteiger partial charge >= 0.3 is 0 Å². The summed E-state index contributed by atoms with van der Waals surface area (Å²) in [4.78, 5) is 31.5. The molecular formula is C30H34Cl2FN7O3. The normalized spacial score (nSPS) is 17.3. The Morgan fingerprint density at radius 1 is 1.16 bits per heavy atom. The number of nitrogens with one attached hydrogen (secondary N) is 2. The van der Waals surface area contributed by atoms with E-state index in [1.807, 2.05) is 12.1 Å². The predicted molar refractivity (Wildman–Crippen MR) is 168 cm³/mol. The summed E-state index contributed by atoms with van der Waals surface area (Å²) in [5, 5.41) is 7.78. The number of carbonyl (C=O) groups is 1. The lowest BCUT2D eigenvalue weighted by atomic mass is 10.0. The molecule has 10 nitrogen and oxygen atoms in total. The van der Waals surface area contributed by atoms with Gasteiger partial charge in [0.2, 0.25) is 5.91 Å².